The molecule has 0 fully saturated rings. The maximum absolute atomic E-state index is 14.7. The largest absolute Gasteiger partial charge is 0.573 e. The fraction of sp³-hybridized carbons (Fsp3) is 0.208. The zero-order valence-corrected chi connectivity index (χ0v) is 19.0. The summed E-state index contributed by atoms with van der Waals surface area (Å²) >= 11 is 0. The highest BCUT2D eigenvalue weighted by atomic mass is 19.4. The molecule has 1 aromatic heterocycles. The lowest BCUT2D eigenvalue weighted by Gasteiger charge is -2.39. The minimum Gasteiger partial charge on any atom is -0.491 e. The lowest BCUT2D eigenvalue weighted by molar-refractivity contribution is -0.275. The smallest absolute Gasteiger partial charge is 0.491 e. The molecule has 1 amide bonds. The van der Waals surface area contributed by atoms with Gasteiger partial charge in [-0.15, -0.1) is 13.2 Å². The van der Waals surface area contributed by atoms with Crippen molar-refractivity contribution in [2.24, 2.45) is 0 Å². The Bertz CT molecular complexity index is 1380. The first kappa shape index (κ1) is 25.7. The van der Waals surface area contributed by atoms with Crippen LogP contribution in [0.4, 0.5) is 27.6 Å². The second-order valence-electron chi connectivity index (χ2n) is 7.94. The third-order valence-electron chi connectivity index (χ3n) is 5.72. The fourth-order valence-electron chi connectivity index (χ4n) is 4.13. The molecule has 1 atom stereocenters. The van der Waals surface area contributed by atoms with Gasteiger partial charge in [-0.3, -0.25) is 9.78 Å². The van der Waals surface area contributed by atoms with Crippen molar-refractivity contribution in [3.05, 3.63) is 82.7 Å². The number of nitrogens with one attached hydrogen (secondary N) is 2. The summed E-state index contributed by atoms with van der Waals surface area (Å²) in [5.41, 5.74) is -2.56. The third kappa shape index (κ3) is 4.97. The Morgan fingerprint density at radius 1 is 1.14 bits per heavy atom. The molecular weight excluding hydrogens is 505 g/mol. The summed E-state index contributed by atoms with van der Waals surface area (Å²) in [6, 6.07) is 7.63. The van der Waals surface area contributed by atoms with Crippen LogP contribution in [-0.2, 0) is 5.54 Å². The molecule has 1 aliphatic heterocycles. The fourth-order valence-corrected chi connectivity index (χ4v) is 4.13. The van der Waals surface area contributed by atoms with Crippen LogP contribution in [0.25, 0.3) is 0 Å². The number of ether oxygens (including phenoxy) is 2. The number of hydrogen-bond acceptors (Lipinski definition) is 6. The number of aromatic carboxylic acids is 1. The van der Waals surface area contributed by atoms with E-state index >= 15 is 0 Å². The van der Waals surface area contributed by atoms with Gasteiger partial charge >= 0.3 is 12.3 Å². The molecule has 0 saturated heterocycles. The Morgan fingerprint density at radius 2 is 1.89 bits per heavy atom. The molecule has 194 valence electrons. The zero-order chi connectivity index (χ0) is 27.0. The highest BCUT2D eigenvalue weighted by Gasteiger charge is 2.43. The molecule has 37 heavy (non-hydrogen) atoms. The van der Waals surface area contributed by atoms with Crippen molar-refractivity contribution in [1.29, 1.82) is 0 Å². The Balaban J connectivity index is 1.82. The van der Waals surface area contributed by atoms with Crippen LogP contribution in [0, 0.1) is 11.6 Å². The molecule has 8 nitrogen and oxygen atoms in total. The van der Waals surface area contributed by atoms with Crippen LogP contribution in [0.1, 0.15) is 38.4 Å². The first-order valence-electron chi connectivity index (χ1n) is 10.7. The quantitative estimate of drug-likeness (QED) is 0.410. The maximum Gasteiger partial charge on any atom is 0.573 e. The Hall–Kier alpha value is -4.42. The summed E-state index contributed by atoms with van der Waals surface area (Å²) in [6.07, 6.45) is -3.76. The first-order valence-corrected chi connectivity index (χ1v) is 10.7. The van der Waals surface area contributed by atoms with Crippen molar-refractivity contribution in [1.82, 2.24) is 10.3 Å². The predicted molar refractivity (Wildman–Crippen MR) is 119 cm³/mol. The van der Waals surface area contributed by atoms with Gasteiger partial charge in [0.25, 0.3) is 5.91 Å². The highest BCUT2D eigenvalue weighted by molar-refractivity contribution is 6.00. The molecule has 1 unspecified atom stereocenters. The van der Waals surface area contributed by atoms with E-state index in [-0.39, 0.29) is 41.3 Å². The van der Waals surface area contributed by atoms with Crippen molar-refractivity contribution in [3.63, 3.8) is 0 Å². The number of carboxylic acids is 1. The Kier molecular flexibility index (Phi) is 6.63. The van der Waals surface area contributed by atoms with Gasteiger partial charge in [-0.2, -0.15) is 0 Å². The molecule has 2 aromatic carbocycles. The van der Waals surface area contributed by atoms with Crippen LogP contribution >= 0.6 is 0 Å². The number of nitrogens with zero attached hydrogens (tertiary/aromatic N) is 1. The van der Waals surface area contributed by atoms with Crippen molar-refractivity contribution < 1.29 is 46.1 Å². The number of halogens is 5. The summed E-state index contributed by atoms with van der Waals surface area (Å²) < 4.78 is 76.5. The molecule has 3 aromatic rings. The molecule has 4 rings (SSSR count). The maximum atomic E-state index is 14.7. The summed E-state index contributed by atoms with van der Waals surface area (Å²) in [7, 11) is 1.34. The number of amides is 1. The van der Waals surface area contributed by atoms with E-state index < -0.39 is 46.7 Å². The zero-order valence-electron chi connectivity index (χ0n) is 19.0. The van der Waals surface area contributed by atoms with E-state index in [2.05, 4.69) is 20.4 Å². The van der Waals surface area contributed by atoms with Gasteiger partial charge in [-0.25, -0.2) is 13.6 Å². The SMILES string of the molecule is CNc1cc(C(=O)NC2(c3ccc(OC(F)(F)F)c(F)c3)CCOc3cccnc32)cc(F)c1C(=O)O. The van der Waals surface area contributed by atoms with Gasteiger partial charge < -0.3 is 25.2 Å². The molecule has 13 heteroatoms. The number of benzene rings is 2. The molecule has 0 saturated carbocycles. The van der Waals surface area contributed by atoms with Gasteiger partial charge in [-0.1, -0.05) is 6.07 Å². The highest BCUT2D eigenvalue weighted by Crippen LogP contribution is 2.42. The predicted octanol–water partition coefficient (Wildman–Crippen LogP) is 4.45. The minimum atomic E-state index is -5.13. The van der Waals surface area contributed by atoms with Crippen LogP contribution in [0.3, 0.4) is 0 Å². The van der Waals surface area contributed by atoms with Gasteiger partial charge in [0.1, 0.15) is 28.4 Å². The Morgan fingerprint density at radius 3 is 2.54 bits per heavy atom. The normalized spacial score (nSPS) is 16.8. The van der Waals surface area contributed by atoms with E-state index in [1.54, 1.807) is 12.1 Å². The van der Waals surface area contributed by atoms with E-state index in [1.165, 1.54) is 13.2 Å². The van der Waals surface area contributed by atoms with Gasteiger partial charge in [0, 0.05) is 25.2 Å². The number of carboxylic acid groups (broad SMARTS) is 1. The van der Waals surface area contributed by atoms with Crippen molar-refractivity contribution in [2.75, 3.05) is 19.0 Å². The second kappa shape index (κ2) is 9.56. The molecule has 3 N–H and O–H groups in total. The number of carbonyl (C=O) groups excluding carboxylic acids is 1. The number of rotatable bonds is 6. The van der Waals surface area contributed by atoms with E-state index in [0.29, 0.717) is 0 Å². The van der Waals surface area contributed by atoms with Crippen LogP contribution in [0.2, 0.25) is 0 Å². The molecule has 0 aliphatic carbocycles. The van der Waals surface area contributed by atoms with Crippen molar-refractivity contribution in [3.8, 4) is 11.5 Å². The van der Waals surface area contributed by atoms with Gasteiger partial charge in [0.05, 0.1) is 12.3 Å². The standard InChI is InChI=1S/C24H18F5N3O5/c1-30-16-10-12(9-15(26)19(16)22(34)35)21(33)32-23(6-8-36-18-3-2-7-31-20(18)23)13-4-5-17(14(25)11-13)37-24(27,28)29/h2-5,7,9-11,30H,6,8H2,1H3,(H,32,33)(H,34,35). The number of hydrogen-bond donors (Lipinski definition) is 3. The molecule has 2 heterocycles. The molecule has 0 radical (unpaired) electrons. The molecule has 1 aliphatic rings. The first-order chi connectivity index (χ1) is 17.4. The van der Waals surface area contributed by atoms with Gasteiger partial charge in [0.15, 0.2) is 11.6 Å². The van der Waals surface area contributed by atoms with Crippen LogP contribution in [0.15, 0.2) is 48.7 Å². The average Bonchev–Trinajstić information content (AvgIpc) is 2.83. The lowest BCUT2D eigenvalue weighted by Crippen LogP contribution is -2.50. The van der Waals surface area contributed by atoms with Gasteiger partial charge in [0.2, 0.25) is 0 Å². The monoisotopic (exact) mass is 523 g/mol. The number of aromatic nitrogens is 1. The number of anilines is 1. The topological polar surface area (TPSA) is 110 Å². The van der Waals surface area contributed by atoms with E-state index in [9.17, 15) is 36.6 Å². The van der Waals surface area contributed by atoms with Crippen LogP contribution < -0.4 is 20.1 Å². The molecule has 0 spiro atoms. The minimum absolute atomic E-state index is 0.00940. The number of fused-ring (bicyclic) bond motifs is 1. The lowest BCUT2D eigenvalue weighted by atomic mass is 9.81. The second-order valence-corrected chi connectivity index (χ2v) is 7.94. The van der Waals surface area contributed by atoms with E-state index in [4.69, 9.17) is 4.74 Å². The number of pyridine rings is 1. The summed E-state index contributed by atoms with van der Waals surface area (Å²) in [5, 5.41) is 14.5. The molecular formula is C24H18F5N3O5. The third-order valence-corrected chi connectivity index (χ3v) is 5.72. The van der Waals surface area contributed by atoms with E-state index in [0.717, 1.165) is 30.3 Å². The van der Waals surface area contributed by atoms with Crippen LogP contribution in [0.5, 0.6) is 11.5 Å². The van der Waals surface area contributed by atoms with Gasteiger partial charge in [-0.05, 0) is 42.0 Å². The van der Waals surface area contributed by atoms with Crippen molar-refractivity contribution >= 4 is 17.6 Å². The van der Waals surface area contributed by atoms with Crippen molar-refractivity contribution in [2.45, 2.75) is 18.3 Å². The average molecular weight is 523 g/mol. The van der Waals surface area contributed by atoms with Crippen LogP contribution in [-0.4, -0.2) is 42.0 Å². The number of alkyl halides is 3. The summed E-state index contributed by atoms with van der Waals surface area (Å²) in [6.45, 7) is 0.00940. The summed E-state index contributed by atoms with van der Waals surface area (Å²) in [5.74, 6) is -5.80. The summed E-state index contributed by atoms with van der Waals surface area (Å²) in [4.78, 5) is 29.0. The number of carbonyl (C=O) groups is 2. The molecule has 0 bridgehead atoms. The van der Waals surface area contributed by atoms with E-state index in [1.807, 2.05) is 0 Å². The Labute approximate surface area is 206 Å².